The van der Waals surface area contributed by atoms with Gasteiger partial charge in [-0.1, -0.05) is 24.8 Å². The van der Waals surface area contributed by atoms with Gasteiger partial charge < -0.3 is 9.88 Å². The Morgan fingerprint density at radius 3 is 2.38 bits per heavy atom. The normalized spacial score (nSPS) is 11.5. The minimum absolute atomic E-state index is 0.356. The Labute approximate surface area is 136 Å². The van der Waals surface area contributed by atoms with Crippen LogP contribution < -0.4 is 5.32 Å². The predicted octanol–water partition coefficient (Wildman–Crippen LogP) is 4.77. The first-order valence-electron chi connectivity index (χ1n) is 7.11. The van der Waals surface area contributed by atoms with Crippen LogP contribution in [0.4, 0.5) is 18.9 Å². The summed E-state index contributed by atoms with van der Waals surface area (Å²) in [5, 5.41) is 3.49. The minimum Gasteiger partial charge on any atom is -0.321 e. The van der Waals surface area contributed by atoms with Crippen molar-refractivity contribution in [2.45, 2.75) is 6.18 Å². The van der Waals surface area contributed by atoms with Crippen LogP contribution in [-0.2, 0) is 11.0 Å². The van der Waals surface area contributed by atoms with E-state index in [1.807, 2.05) is 24.3 Å². The zero-order valence-corrected chi connectivity index (χ0v) is 12.5. The Kier molecular flexibility index (Phi) is 3.89. The van der Waals surface area contributed by atoms with Crippen molar-refractivity contribution in [1.82, 2.24) is 4.57 Å². The van der Waals surface area contributed by atoms with Gasteiger partial charge >= 0.3 is 6.18 Å². The summed E-state index contributed by atoms with van der Waals surface area (Å²) in [6.07, 6.45) is -1.54. The number of benzene rings is 2. The maximum Gasteiger partial charge on any atom is 0.416 e. The number of para-hydroxylation sites is 1. The maximum absolute atomic E-state index is 12.7. The molecule has 24 heavy (non-hydrogen) atoms. The average Bonchev–Trinajstić information content (AvgIpc) is 2.93. The van der Waals surface area contributed by atoms with Crippen LogP contribution >= 0.6 is 0 Å². The van der Waals surface area contributed by atoms with E-state index in [2.05, 4.69) is 11.9 Å². The fourth-order valence-corrected chi connectivity index (χ4v) is 2.49. The first-order chi connectivity index (χ1) is 11.4. The van der Waals surface area contributed by atoms with Gasteiger partial charge in [0.15, 0.2) is 0 Å². The van der Waals surface area contributed by atoms with Crippen molar-refractivity contribution in [2.24, 2.45) is 0 Å². The van der Waals surface area contributed by atoms with Gasteiger partial charge in [-0.05, 0) is 36.4 Å². The summed E-state index contributed by atoms with van der Waals surface area (Å²) in [5.41, 5.74) is 1.20. The highest BCUT2D eigenvalue weighted by atomic mass is 19.4. The summed E-state index contributed by atoms with van der Waals surface area (Å²) in [4.78, 5) is 11.6. The second kappa shape index (κ2) is 5.88. The van der Waals surface area contributed by atoms with Gasteiger partial charge in [-0.3, -0.25) is 4.79 Å². The number of fused-ring (bicyclic) bond motifs is 1. The number of hydrogen-bond acceptors (Lipinski definition) is 1. The van der Waals surface area contributed by atoms with Gasteiger partial charge in [-0.25, -0.2) is 0 Å². The zero-order chi connectivity index (χ0) is 17.3. The van der Waals surface area contributed by atoms with Crippen LogP contribution in [0.3, 0.4) is 0 Å². The number of amides is 1. The van der Waals surface area contributed by atoms with Crippen molar-refractivity contribution in [3.8, 4) is 5.69 Å². The standard InChI is InChI=1S/C18H13F3N2O/c1-2-17(24)22-15-11-23(16-6-4-3-5-14(15)16)13-9-7-12(8-10-13)18(19,20)21/h2-11H,1H2,(H,22,24). The molecule has 0 radical (unpaired) electrons. The summed E-state index contributed by atoms with van der Waals surface area (Å²) in [6.45, 7) is 3.41. The van der Waals surface area contributed by atoms with Gasteiger partial charge in [0.25, 0.3) is 0 Å². The van der Waals surface area contributed by atoms with Gasteiger partial charge in [0.2, 0.25) is 5.91 Å². The Balaban J connectivity index is 2.09. The number of nitrogens with one attached hydrogen (secondary N) is 1. The maximum atomic E-state index is 12.7. The summed E-state index contributed by atoms with van der Waals surface area (Å²) in [6, 6.07) is 12.2. The molecule has 3 rings (SSSR count). The van der Waals surface area contributed by atoms with Crippen LogP contribution in [0.15, 0.2) is 67.4 Å². The van der Waals surface area contributed by atoms with E-state index in [1.165, 1.54) is 12.1 Å². The third-order valence-corrected chi connectivity index (χ3v) is 3.63. The number of carbonyl (C=O) groups excluding carboxylic acids is 1. The average molecular weight is 330 g/mol. The van der Waals surface area contributed by atoms with Crippen LogP contribution in [0.2, 0.25) is 0 Å². The summed E-state index contributed by atoms with van der Waals surface area (Å²) >= 11 is 0. The van der Waals surface area contributed by atoms with Gasteiger partial charge in [0, 0.05) is 17.3 Å². The highest BCUT2D eigenvalue weighted by Crippen LogP contribution is 2.32. The van der Waals surface area contributed by atoms with E-state index >= 15 is 0 Å². The first kappa shape index (κ1) is 15.9. The number of nitrogens with zero attached hydrogens (tertiary/aromatic N) is 1. The monoisotopic (exact) mass is 330 g/mol. The molecule has 0 aliphatic carbocycles. The zero-order valence-electron chi connectivity index (χ0n) is 12.5. The molecule has 3 aromatic rings. The molecule has 3 nitrogen and oxygen atoms in total. The van der Waals surface area contributed by atoms with E-state index in [9.17, 15) is 18.0 Å². The summed E-state index contributed by atoms with van der Waals surface area (Å²) < 4.78 is 39.8. The van der Waals surface area contributed by atoms with Crippen molar-refractivity contribution < 1.29 is 18.0 Å². The predicted molar refractivity (Wildman–Crippen MR) is 87.1 cm³/mol. The quantitative estimate of drug-likeness (QED) is 0.689. The Morgan fingerprint density at radius 1 is 1.08 bits per heavy atom. The van der Waals surface area contributed by atoms with Crippen LogP contribution in [0.1, 0.15) is 5.56 Å². The second-order valence-electron chi connectivity index (χ2n) is 5.17. The van der Waals surface area contributed by atoms with E-state index in [0.29, 0.717) is 11.4 Å². The number of rotatable bonds is 3. The van der Waals surface area contributed by atoms with Crippen LogP contribution in [-0.4, -0.2) is 10.5 Å². The van der Waals surface area contributed by atoms with Gasteiger partial charge in [0.1, 0.15) is 0 Å². The second-order valence-corrected chi connectivity index (χ2v) is 5.17. The molecule has 0 unspecified atom stereocenters. The molecule has 0 fully saturated rings. The Morgan fingerprint density at radius 2 is 1.75 bits per heavy atom. The lowest BCUT2D eigenvalue weighted by atomic mass is 10.2. The molecule has 0 bridgehead atoms. The molecule has 1 aromatic heterocycles. The minimum atomic E-state index is -4.37. The molecule has 1 heterocycles. The van der Waals surface area contributed by atoms with Crippen molar-refractivity contribution in [2.75, 3.05) is 5.32 Å². The topological polar surface area (TPSA) is 34.0 Å². The third-order valence-electron chi connectivity index (χ3n) is 3.63. The van der Waals surface area contributed by atoms with Gasteiger partial charge in [0.05, 0.1) is 16.8 Å². The number of hydrogen-bond donors (Lipinski definition) is 1. The fraction of sp³-hybridized carbons (Fsp3) is 0.0556. The van der Waals surface area contributed by atoms with Crippen LogP contribution in [0, 0.1) is 0 Å². The summed E-state index contributed by atoms with van der Waals surface area (Å²) in [7, 11) is 0. The van der Waals surface area contributed by atoms with Crippen molar-refractivity contribution in [1.29, 1.82) is 0 Å². The Hall–Kier alpha value is -3.02. The molecule has 0 saturated heterocycles. The molecule has 1 N–H and O–H groups in total. The molecular formula is C18H13F3N2O. The molecule has 0 aliphatic heterocycles. The van der Waals surface area contributed by atoms with Gasteiger partial charge in [-0.15, -0.1) is 0 Å². The van der Waals surface area contributed by atoms with Gasteiger partial charge in [-0.2, -0.15) is 13.2 Å². The van der Waals surface area contributed by atoms with E-state index in [4.69, 9.17) is 0 Å². The fourth-order valence-electron chi connectivity index (χ4n) is 2.49. The SMILES string of the molecule is C=CC(=O)Nc1cn(-c2ccc(C(F)(F)F)cc2)c2ccccc12. The number of carbonyl (C=O) groups is 1. The highest BCUT2D eigenvalue weighted by Gasteiger charge is 2.30. The summed E-state index contributed by atoms with van der Waals surface area (Å²) in [5.74, 6) is -0.356. The number of anilines is 1. The molecule has 1 amide bonds. The molecule has 0 spiro atoms. The molecular weight excluding hydrogens is 317 g/mol. The first-order valence-corrected chi connectivity index (χ1v) is 7.11. The number of alkyl halides is 3. The molecule has 0 atom stereocenters. The largest absolute Gasteiger partial charge is 0.416 e. The van der Waals surface area contributed by atoms with E-state index in [0.717, 1.165) is 29.1 Å². The lowest BCUT2D eigenvalue weighted by Gasteiger charge is -2.09. The van der Waals surface area contributed by atoms with Crippen LogP contribution in [0.25, 0.3) is 16.6 Å². The lowest BCUT2D eigenvalue weighted by Crippen LogP contribution is -2.06. The number of halogens is 3. The lowest BCUT2D eigenvalue weighted by molar-refractivity contribution is -0.137. The number of aromatic nitrogens is 1. The Bertz CT molecular complexity index is 908. The van der Waals surface area contributed by atoms with E-state index in [-0.39, 0.29) is 5.91 Å². The third kappa shape index (κ3) is 2.90. The van der Waals surface area contributed by atoms with E-state index < -0.39 is 11.7 Å². The van der Waals surface area contributed by atoms with Crippen molar-refractivity contribution in [3.63, 3.8) is 0 Å². The molecule has 122 valence electrons. The molecule has 6 heteroatoms. The van der Waals surface area contributed by atoms with Crippen LogP contribution in [0.5, 0.6) is 0 Å². The van der Waals surface area contributed by atoms with Crippen molar-refractivity contribution >= 4 is 22.5 Å². The van der Waals surface area contributed by atoms with E-state index in [1.54, 1.807) is 10.8 Å². The smallest absolute Gasteiger partial charge is 0.321 e. The molecule has 2 aromatic carbocycles. The highest BCUT2D eigenvalue weighted by molar-refractivity contribution is 6.06. The molecule has 0 aliphatic rings. The molecule has 0 saturated carbocycles. The van der Waals surface area contributed by atoms with Crippen molar-refractivity contribution in [3.05, 3.63) is 72.9 Å².